The molecule has 0 aliphatic heterocycles. The van der Waals surface area contributed by atoms with E-state index in [1.165, 1.54) is 11.8 Å². The molecule has 0 atom stereocenters. The monoisotopic (exact) mass is 383 g/mol. The number of nitrogens with one attached hydrogen (secondary N) is 1. The molecule has 5 nitrogen and oxygen atoms in total. The lowest BCUT2D eigenvalue weighted by molar-refractivity contribution is -0.119. The van der Waals surface area contributed by atoms with Crippen LogP contribution in [0.25, 0.3) is 21.7 Å². The van der Waals surface area contributed by atoms with Gasteiger partial charge >= 0.3 is 0 Å². The topological polar surface area (TPSA) is 64.0 Å². The normalized spacial score (nSPS) is 11.4. The lowest BCUT2D eigenvalue weighted by Crippen LogP contribution is -2.35. The van der Waals surface area contributed by atoms with E-state index in [2.05, 4.69) is 19.2 Å². The van der Waals surface area contributed by atoms with Crippen LogP contribution in [0.5, 0.6) is 0 Å². The number of carbonyl (C=O) groups is 1. The van der Waals surface area contributed by atoms with Gasteiger partial charge in [-0.1, -0.05) is 49.9 Å². The van der Waals surface area contributed by atoms with Gasteiger partial charge < -0.3 is 5.32 Å². The minimum Gasteiger partial charge on any atom is -0.353 e. The van der Waals surface area contributed by atoms with Crippen LogP contribution < -0.4 is 10.9 Å². The molecule has 1 amide bonds. The van der Waals surface area contributed by atoms with Gasteiger partial charge in [-0.3, -0.25) is 14.2 Å². The van der Waals surface area contributed by atoms with E-state index in [0.29, 0.717) is 22.6 Å². The summed E-state index contributed by atoms with van der Waals surface area (Å²) in [5.41, 5.74) is 0.613. The molecule has 3 rings (SSSR count). The Balaban J connectivity index is 1.94. The summed E-state index contributed by atoms with van der Waals surface area (Å²) in [5.74, 6) is 0.228. The number of amides is 1. The second-order valence-corrected chi connectivity index (χ2v) is 7.47. The van der Waals surface area contributed by atoms with E-state index in [0.717, 1.165) is 23.6 Å². The molecule has 1 aromatic heterocycles. The van der Waals surface area contributed by atoms with Crippen LogP contribution in [0, 0.1) is 0 Å². The Hall–Kier alpha value is -2.34. The van der Waals surface area contributed by atoms with Crippen LogP contribution in [0.3, 0.4) is 0 Å². The molecule has 0 saturated carbocycles. The van der Waals surface area contributed by atoms with E-state index >= 15 is 0 Å². The second-order valence-electron chi connectivity index (χ2n) is 6.53. The molecule has 3 aromatic rings. The number of benzene rings is 2. The highest BCUT2D eigenvalue weighted by Gasteiger charge is 2.14. The summed E-state index contributed by atoms with van der Waals surface area (Å²) < 4.78 is 1.65. The summed E-state index contributed by atoms with van der Waals surface area (Å²) in [5, 5.41) is 6.30. The molecule has 0 spiro atoms. The van der Waals surface area contributed by atoms with Crippen LogP contribution in [0.1, 0.15) is 33.6 Å². The van der Waals surface area contributed by atoms with Gasteiger partial charge in [-0.25, -0.2) is 4.98 Å². The first kappa shape index (κ1) is 19.4. The standard InChI is InChI=1S/C21H25N3O2S/c1-4-16(5-2)22-19(25)13-27-21-23-18-12-15-10-8-7-9-14(15)11-17(18)20(26)24(21)6-3/h7-12,16H,4-6,13H2,1-3H3,(H,22,25). The van der Waals surface area contributed by atoms with E-state index in [1.54, 1.807) is 4.57 Å². The molecule has 142 valence electrons. The van der Waals surface area contributed by atoms with E-state index < -0.39 is 0 Å². The molecule has 0 aliphatic rings. The predicted molar refractivity (Wildman–Crippen MR) is 112 cm³/mol. The van der Waals surface area contributed by atoms with Gasteiger partial charge in [-0.05, 0) is 42.7 Å². The van der Waals surface area contributed by atoms with Gasteiger partial charge in [-0.2, -0.15) is 0 Å². The molecule has 2 aromatic carbocycles. The average molecular weight is 384 g/mol. The Bertz CT molecular complexity index is 1030. The third-order valence-corrected chi connectivity index (χ3v) is 5.76. The Morgan fingerprint density at radius 2 is 1.81 bits per heavy atom. The summed E-state index contributed by atoms with van der Waals surface area (Å²) in [6.45, 7) is 6.56. The average Bonchev–Trinajstić information content (AvgIpc) is 2.69. The largest absolute Gasteiger partial charge is 0.353 e. The van der Waals surface area contributed by atoms with Gasteiger partial charge in [0.05, 0.1) is 16.7 Å². The second kappa shape index (κ2) is 8.57. The summed E-state index contributed by atoms with van der Waals surface area (Å²) in [6.07, 6.45) is 1.82. The molecule has 0 radical (unpaired) electrons. The molecule has 0 aliphatic carbocycles. The fourth-order valence-electron chi connectivity index (χ4n) is 3.17. The van der Waals surface area contributed by atoms with E-state index in [1.807, 2.05) is 43.3 Å². The van der Waals surface area contributed by atoms with Crippen molar-refractivity contribution >= 4 is 39.3 Å². The predicted octanol–water partition coefficient (Wildman–Crippen LogP) is 3.97. The van der Waals surface area contributed by atoms with Crippen molar-refractivity contribution in [1.29, 1.82) is 0 Å². The van der Waals surface area contributed by atoms with Crippen LogP contribution in [0.4, 0.5) is 0 Å². The number of carbonyl (C=O) groups excluding carboxylic acids is 1. The maximum atomic E-state index is 12.9. The Morgan fingerprint density at radius 1 is 1.15 bits per heavy atom. The number of fused-ring (bicyclic) bond motifs is 2. The first-order valence-corrected chi connectivity index (χ1v) is 10.4. The van der Waals surface area contributed by atoms with Gasteiger partial charge in [0.25, 0.3) is 5.56 Å². The van der Waals surface area contributed by atoms with Crippen LogP contribution in [0.2, 0.25) is 0 Å². The quantitative estimate of drug-likeness (QED) is 0.381. The van der Waals surface area contributed by atoms with Crippen LogP contribution >= 0.6 is 11.8 Å². The summed E-state index contributed by atoms with van der Waals surface area (Å²) >= 11 is 1.32. The number of thioether (sulfide) groups is 1. The third kappa shape index (κ3) is 4.16. The number of hydrogen-bond donors (Lipinski definition) is 1. The molecule has 1 N–H and O–H groups in total. The highest BCUT2D eigenvalue weighted by atomic mass is 32.2. The van der Waals surface area contributed by atoms with Gasteiger partial charge in [0, 0.05) is 12.6 Å². The van der Waals surface area contributed by atoms with Crippen molar-refractivity contribution in [3.63, 3.8) is 0 Å². The Morgan fingerprint density at radius 3 is 2.44 bits per heavy atom. The number of aromatic nitrogens is 2. The molecule has 27 heavy (non-hydrogen) atoms. The number of hydrogen-bond acceptors (Lipinski definition) is 4. The molecule has 6 heteroatoms. The zero-order chi connectivity index (χ0) is 19.4. The van der Waals surface area contributed by atoms with Gasteiger partial charge in [0.2, 0.25) is 5.91 Å². The van der Waals surface area contributed by atoms with E-state index in [9.17, 15) is 9.59 Å². The Labute approximate surface area is 163 Å². The van der Waals surface area contributed by atoms with Crippen LogP contribution in [-0.4, -0.2) is 27.3 Å². The van der Waals surface area contributed by atoms with Gasteiger partial charge in [0.15, 0.2) is 5.16 Å². The highest BCUT2D eigenvalue weighted by Crippen LogP contribution is 2.22. The summed E-state index contributed by atoms with van der Waals surface area (Å²) in [4.78, 5) is 29.9. The molecule has 0 bridgehead atoms. The zero-order valence-corrected chi connectivity index (χ0v) is 16.8. The lowest BCUT2D eigenvalue weighted by Gasteiger charge is -2.15. The number of nitrogens with zero attached hydrogens (tertiary/aromatic N) is 2. The first-order chi connectivity index (χ1) is 13.1. The summed E-state index contributed by atoms with van der Waals surface area (Å²) in [6, 6.07) is 12.0. The fourth-order valence-corrected chi connectivity index (χ4v) is 4.04. The van der Waals surface area contributed by atoms with Gasteiger partial charge in [0.1, 0.15) is 0 Å². The smallest absolute Gasteiger partial charge is 0.262 e. The third-order valence-electron chi connectivity index (χ3n) is 4.79. The lowest BCUT2D eigenvalue weighted by atomic mass is 10.1. The van der Waals surface area contributed by atoms with Crippen LogP contribution in [-0.2, 0) is 11.3 Å². The van der Waals surface area contributed by atoms with Crippen molar-refractivity contribution in [2.45, 2.75) is 51.4 Å². The SMILES string of the molecule is CCC(CC)NC(=O)CSc1nc2cc3ccccc3cc2c(=O)n1CC. The van der Waals surface area contributed by atoms with Crippen molar-refractivity contribution in [3.05, 3.63) is 46.8 Å². The minimum atomic E-state index is -0.0591. The van der Waals surface area contributed by atoms with Crippen LogP contribution in [0.15, 0.2) is 46.3 Å². The van der Waals surface area contributed by atoms with E-state index in [4.69, 9.17) is 4.98 Å². The maximum absolute atomic E-state index is 12.9. The molecular formula is C21H25N3O2S. The van der Waals surface area contributed by atoms with Crippen molar-refractivity contribution in [3.8, 4) is 0 Å². The first-order valence-electron chi connectivity index (χ1n) is 9.42. The molecule has 0 fully saturated rings. The molecular weight excluding hydrogens is 358 g/mol. The van der Waals surface area contributed by atoms with E-state index in [-0.39, 0.29) is 23.3 Å². The fraction of sp³-hybridized carbons (Fsp3) is 0.381. The molecule has 1 heterocycles. The highest BCUT2D eigenvalue weighted by molar-refractivity contribution is 7.99. The molecule has 0 unspecified atom stereocenters. The van der Waals surface area contributed by atoms with Gasteiger partial charge in [-0.15, -0.1) is 0 Å². The van der Waals surface area contributed by atoms with Crippen molar-refractivity contribution in [2.24, 2.45) is 0 Å². The Kier molecular flexibility index (Phi) is 6.16. The maximum Gasteiger partial charge on any atom is 0.262 e. The minimum absolute atomic E-state index is 0.0239. The number of rotatable bonds is 7. The molecule has 0 saturated heterocycles. The summed E-state index contributed by atoms with van der Waals surface area (Å²) in [7, 11) is 0. The van der Waals surface area contributed by atoms with Crippen molar-refractivity contribution in [1.82, 2.24) is 14.9 Å². The zero-order valence-electron chi connectivity index (χ0n) is 16.0. The van der Waals surface area contributed by atoms with Crippen molar-refractivity contribution < 1.29 is 4.79 Å². The van der Waals surface area contributed by atoms with Crippen molar-refractivity contribution in [2.75, 3.05) is 5.75 Å².